The maximum absolute atomic E-state index is 10.6. The second kappa shape index (κ2) is 27.7. The Morgan fingerprint density at radius 3 is 1.28 bits per heavy atom. The summed E-state index contributed by atoms with van der Waals surface area (Å²) >= 11 is 0. The monoisotopic (exact) mass is 559 g/mol. The minimum Gasteiger partial charge on any atom is -0.491 e. The summed E-state index contributed by atoms with van der Waals surface area (Å²) in [6.07, 6.45) is 7.65. The summed E-state index contributed by atoms with van der Waals surface area (Å²) in [5, 5.41) is 10.6. The summed E-state index contributed by atoms with van der Waals surface area (Å²) in [6.45, 7) is 10.1. The number of unbranched alkanes of at least 4 members (excludes halogenated alkanes) is 5. The van der Waals surface area contributed by atoms with Crippen molar-refractivity contribution in [3.05, 3.63) is 34.4 Å². The number of benzene rings is 1. The van der Waals surface area contributed by atoms with E-state index in [1.54, 1.807) is 12.1 Å². The maximum Gasteiger partial charge on any atom is 0.269 e. The van der Waals surface area contributed by atoms with Crippen molar-refractivity contribution in [1.82, 2.24) is 0 Å². The summed E-state index contributed by atoms with van der Waals surface area (Å²) in [5.74, 6) is 0.564. The number of ether oxygens (including phenoxy) is 8. The Kier molecular flexibility index (Phi) is 25.0. The van der Waals surface area contributed by atoms with E-state index in [9.17, 15) is 10.1 Å². The molecule has 0 fully saturated rings. The molecule has 0 amide bonds. The standard InChI is InChI=1S/C28H49NO10/c1-2-3-4-5-6-7-12-32-13-14-33-15-16-34-17-18-35-19-20-36-21-22-37-23-24-38-25-26-39-28-10-8-27(9-11-28)29(30)31/h8-11H,2-7,12-26H2,1H3. The van der Waals surface area contributed by atoms with Crippen molar-refractivity contribution in [1.29, 1.82) is 0 Å². The molecule has 0 bridgehead atoms. The van der Waals surface area contributed by atoms with Crippen LogP contribution in [0.1, 0.15) is 45.4 Å². The lowest BCUT2D eigenvalue weighted by Gasteiger charge is -2.09. The van der Waals surface area contributed by atoms with Crippen LogP contribution in [0.5, 0.6) is 5.75 Å². The lowest BCUT2D eigenvalue weighted by atomic mass is 10.1. The molecule has 0 N–H and O–H groups in total. The molecule has 11 heteroatoms. The molecule has 0 saturated heterocycles. The van der Waals surface area contributed by atoms with E-state index in [0.717, 1.165) is 13.0 Å². The Morgan fingerprint density at radius 2 is 0.872 bits per heavy atom. The van der Waals surface area contributed by atoms with Gasteiger partial charge in [0.05, 0.1) is 90.8 Å². The average molecular weight is 560 g/mol. The molecule has 1 rings (SSSR count). The molecule has 0 aromatic heterocycles. The van der Waals surface area contributed by atoms with Gasteiger partial charge in [-0.3, -0.25) is 10.1 Å². The van der Waals surface area contributed by atoms with Crippen LogP contribution in [0.25, 0.3) is 0 Å². The third-order valence-corrected chi connectivity index (χ3v) is 5.42. The molecule has 0 spiro atoms. The summed E-state index contributed by atoms with van der Waals surface area (Å²) in [7, 11) is 0. The maximum atomic E-state index is 10.6. The van der Waals surface area contributed by atoms with Gasteiger partial charge in [-0.05, 0) is 18.6 Å². The van der Waals surface area contributed by atoms with Crippen molar-refractivity contribution >= 4 is 5.69 Å². The van der Waals surface area contributed by atoms with Crippen molar-refractivity contribution in [3.8, 4) is 5.75 Å². The van der Waals surface area contributed by atoms with Crippen LogP contribution in [-0.4, -0.2) is 104 Å². The second-order valence-electron chi connectivity index (χ2n) is 8.65. The first-order valence-corrected chi connectivity index (χ1v) is 14.2. The highest BCUT2D eigenvalue weighted by atomic mass is 16.6. The summed E-state index contributed by atoms with van der Waals surface area (Å²) < 4.78 is 43.8. The van der Waals surface area contributed by atoms with Gasteiger partial charge in [-0.1, -0.05) is 39.0 Å². The first-order chi connectivity index (χ1) is 19.2. The van der Waals surface area contributed by atoms with Gasteiger partial charge in [0.1, 0.15) is 12.4 Å². The quantitative estimate of drug-likeness (QED) is 0.0760. The predicted molar refractivity (Wildman–Crippen MR) is 148 cm³/mol. The summed E-state index contributed by atoms with van der Waals surface area (Å²) in [6, 6.07) is 5.93. The zero-order chi connectivity index (χ0) is 28.1. The molecule has 0 radical (unpaired) electrons. The van der Waals surface area contributed by atoms with Crippen molar-refractivity contribution in [2.45, 2.75) is 45.4 Å². The van der Waals surface area contributed by atoms with E-state index in [1.165, 1.54) is 44.2 Å². The van der Waals surface area contributed by atoms with Crippen LogP contribution < -0.4 is 4.74 Å². The van der Waals surface area contributed by atoms with Crippen LogP contribution in [0.15, 0.2) is 24.3 Å². The Morgan fingerprint density at radius 1 is 0.513 bits per heavy atom. The zero-order valence-electron chi connectivity index (χ0n) is 23.7. The lowest BCUT2D eigenvalue weighted by Crippen LogP contribution is -2.15. The van der Waals surface area contributed by atoms with Crippen LogP contribution >= 0.6 is 0 Å². The first-order valence-electron chi connectivity index (χ1n) is 14.2. The van der Waals surface area contributed by atoms with E-state index in [2.05, 4.69) is 6.92 Å². The van der Waals surface area contributed by atoms with Gasteiger partial charge in [-0.25, -0.2) is 0 Å². The number of non-ortho nitro benzene ring substituents is 1. The molecule has 0 aliphatic carbocycles. The largest absolute Gasteiger partial charge is 0.491 e. The predicted octanol–water partition coefficient (Wildman–Crippen LogP) is 4.45. The molecule has 0 atom stereocenters. The van der Waals surface area contributed by atoms with Gasteiger partial charge in [0.25, 0.3) is 5.69 Å². The molecule has 0 aliphatic rings. The molecule has 11 nitrogen and oxygen atoms in total. The first kappa shape index (κ1) is 35.2. The molecule has 0 heterocycles. The van der Waals surface area contributed by atoms with E-state index in [0.29, 0.717) is 98.2 Å². The molecule has 0 saturated carbocycles. The normalized spacial score (nSPS) is 11.2. The smallest absolute Gasteiger partial charge is 0.269 e. The van der Waals surface area contributed by atoms with Gasteiger partial charge in [-0.15, -0.1) is 0 Å². The molecule has 0 aliphatic heterocycles. The van der Waals surface area contributed by atoms with Gasteiger partial charge in [0, 0.05) is 18.7 Å². The van der Waals surface area contributed by atoms with Gasteiger partial charge in [0.15, 0.2) is 0 Å². The molecule has 1 aromatic rings. The average Bonchev–Trinajstić information content (AvgIpc) is 2.94. The van der Waals surface area contributed by atoms with Crippen molar-refractivity contribution in [2.75, 3.05) is 99.1 Å². The molecular weight excluding hydrogens is 510 g/mol. The lowest BCUT2D eigenvalue weighted by molar-refractivity contribution is -0.384. The minimum absolute atomic E-state index is 0.0324. The van der Waals surface area contributed by atoms with Crippen LogP contribution in [0.4, 0.5) is 5.69 Å². The summed E-state index contributed by atoms with van der Waals surface area (Å²) in [4.78, 5) is 10.2. The number of hydrogen-bond donors (Lipinski definition) is 0. The third-order valence-electron chi connectivity index (χ3n) is 5.42. The Labute approximate surface area is 233 Å². The Bertz CT molecular complexity index is 662. The van der Waals surface area contributed by atoms with E-state index in [4.69, 9.17) is 37.9 Å². The number of nitrogens with zero attached hydrogens (tertiary/aromatic N) is 1. The number of nitro benzene ring substituents is 1. The van der Waals surface area contributed by atoms with Gasteiger partial charge < -0.3 is 37.9 Å². The fourth-order valence-electron chi connectivity index (χ4n) is 3.29. The number of nitro groups is 1. The SMILES string of the molecule is CCCCCCCCOCCOCCOCCOCCOCCOCCOCCOc1ccc([N+](=O)[O-])cc1. The Balaban J connectivity index is 1.68. The number of rotatable bonds is 30. The molecule has 226 valence electrons. The third kappa shape index (κ3) is 23.7. The zero-order valence-corrected chi connectivity index (χ0v) is 23.7. The van der Waals surface area contributed by atoms with Gasteiger partial charge >= 0.3 is 0 Å². The topological polar surface area (TPSA) is 117 Å². The van der Waals surface area contributed by atoms with Crippen LogP contribution in [0.3, 0.4) is 0 Å². The highest BCUT2D eigenvalue weighted by molar-refractivity contribution is 5.35. The van der Waals surface area contributed by atoms with Gasteiger partial charge in [-0.2, -0.15) is 0 Å². The van der Waals surface area contributed by atoms with Crippen molar-refractivity contribution in [2.24, 2.45) is 0 Å². The van der Waals surface area contributed by atoms with E-state index in [-0.39, 0.29) is 5.69 Å². The van der Waals surface area contributed by atoms with Crippen molar-refractivity contribution in [3.63, 3.8) is 0 Å². The second-order valence-corrected chi connectivity index (χ2v) is 8.65. The summed E-state index contributed by atoms with van der Waals surface area (Å²) in [5.41, 5.74) is 0.0324. The van der Waals surface area contributed by atoms with Crippen LogP contribution in [0, 0.1) is 10.1 Å². The highest BCUT2D eigenvalue weighted by Gasteiger charge is 2.04. The number of hydrogen-bond acceptors (Lipinski definition) is 10. The van der Waals surface area contributed by atoms with Crippen LogP contribution in [-0.2, 0) is 33.2 Å². The van der Waals surface area contributed by atoms with E-state index < -0.39 is 4.92 Å². The fourth-order valence-corrected chi connectivity index (χ4v) is 3.29. The van der Waals surface area contributed by atoms with Gasteiger partial charge in [0.2, 0.25) is 0 Å². The Hall–Kier alpha value is -1.86. The molecular formula is C28H49NO10. The fraction of sp³-hybridized carbons (Fsp3) is 0.786. The minimum atomic E-state index is -0.447. The molecule has 39 heavy (non-hydrogen) atoms. The molecule has 1 aromatic carbocycles. The van der Waals surface area contributed by atoms with Crippen molar-refractivity contribution < 1.29 is 42.8 Å². The molecule has 0 unspecified atom stereocenters. The van der Waals surface area contributed by atoms with E-state index >= 15 is 0 Å². The van der Waals surface area contributed by atoms with Crippen LogP contribution in [0.2, 0.25) is 0 Å². The highest BCUT2D eigenvalue weighted by Crippen LogP contribution is 2.17. The van der Waals surface area contributed by atoms with E-state index in [1.807, 2.05) is 0 Å².